The monoisotopic (exact) mass is 852 g/mol. The largest absolute Gasteiger partial charge is 6.00 e. The predicted octanol–water partition coefficient (Wildman–Crippen LogP) is -2.40. The van der Waals surface area contributed by atoms with Crippen molar-refractivity contribution in [3.8, 4) is 0 Å². The molecule has 0 aliphatic rings. The van der Waals surface area contributed by atoms with Crippen molar-refractivity contribution >= 4 is 0 Å². The van der Waals surface area contributed by atoms with Gasteiger partial charge in [-0.15, -0.1) is 0 Å². The number of hydrogen-bond donors (Lipinski definition) is 0. The Morgan fingerprint density at radius 1 is 0.190 bits per heavy atom. The third-order valence-electron chi connectivity index (χ3n) is 0. The summed E-state index contributed by atoms with van der Waals surface area (Å²) in [6, 6.07) is 0. The van der Waals surface area contributed by atoms with Crippen molar-refractivity contribution in [3.63, 3.8) is 0 Å². The van der Waals surface area contributed by atoms with Gasteiger partial charge in [0, 0.05) is 0 Å². The van der Waals surface area contributed by atoms with Crippen molar-refractivity contribution in [3.05, 3.63) is 153 Å². The van der Waals surface area contributed by atoms with E-state index < -0.39 is 50.9 Å². The van der Waals surface area contributed by atoms with E-state index in [9.17, 15) is 0 Å². The zero-order valence-corrected chi connectivity index (χ0v) is 22.1. The normalized spacial score (nSPS) is 5.71. The van der Waals surface area contributed by atoms with Gasteiger partial charge in [-0.25, -0.2) is 0 Å². The summed E-state index contributed by atoms with van der Waals surface area (Å²) in [5, 5.41) is 148. The molecular weight excluding hydrogens is 852 g/mol. The summed E-state index contributed by atoms with van der Waals surface area (Å²) in [6.07, 6.45) is 0. The average molecular weight is 852 g/mol. The van der Waals surface area contributed by atoms with Gasteiger partial charge in [0.15, 0.2) is 0 Å². The van der Waals surface area contributed by atoms with Crippen LogP contribution in [-0.4, -0.2) is 50.9 Å². The summed E-state index contributed by atoms with van der Waals surface area (Å²) in [5.74, 6) is 0. The van der Waals surface area contributed by atoms with Gasteiger partial charge in [0.25, 0.3) is 0 Å². The fourth-order valence-corrected chi connectivity index (χ4v) is 0. The second-order valence-corrected chi connectivity index (χ2v) is 2.24. The Morgan fingerprint density at radius 3 is 0.190 bits per heavy atom. The van der Waals surface area contributed by atoms with Gasteiger partial charge in [-0.3, -0.25) is 0 Å². The zero-order chi connectivity index (χ0) is 35.8. The molecule has 240 valence electrons. The number of rotatable bonds is 0. The fraction of sp³-hybridized carbons (Fsp3) is 0. The van der Waals surface area contributed by atoms with Crippen LogP contribution in [0.1, 0.15) is 0 Å². The van der Waals surface area contributed by atoms with Gasteiger partial charge < -0.3 is 153 Å². The minimum absolute atomic E-state index is 0. The molecule has 0 radical (unpaired) electrons. The van der Waals surface area contributed by atoms with E-state index in [1.807, 2.05) is 0 Å². The number of hydrogen-bond acceptors (Lipinski definition) is 30. The van der Waals surface area contributed by atoms with Crippen LogP contribution in [-0.2, 0) is 42.8 Å². The minimum Gasteiger partial charge on any atom is -0.356 e. The van der Waals surface area contributed by atoms with Crippen molar-refractivity contribution in [2.24, 2.45) is 0 Å². The van der Waals surface area contributed by atoms with Crippen LogP contribution in [0.25, 0.3) is 0 Å². The summed E-state index contributed by atoms with van der Waals surface area (Å²) in [7, 11) is 0. The summed E-state index contributed by atoms with van der Waals surface area (Å²) in [4.78, 5) is 82.5. The van der Waals surface area contributed by atoms with Crippen LogP contribution >= 0.6 is 0 Å². The quantitative estimate of drug-likeness (QED) is 0.139. The summed E-state index contributed by atoms with van der Waals surface area (Å²) < 4.78 is 0. The second kappa shape index (κ2) is 70.1. The van der Waals surface area contributed by atoms with E-state index in [1.54, 1.807) is 0 Å². The first-order chi connectivity index (χ1) is 17.3. The molecule has 40 nitrogen and oxygen atoms in total. The maximum absolute atomic E-state index is 8.25. The summed E-state index contributed by atoms with van der Waals surface area (Å²) >= 11 is 0. The van der Waals surface area contributed by atoms with Crippen LogP contribution in [0, 0.1) is 153 Å². The molecule has 0 aromatic rings. The second-order valence-electron chi connectivity index (χ2n) is 2.24. The van der Waals surface area contributed by atoms with Crippen molar-refractivity contribution in [2.75, 3.05) is 0 Å². The first kappa shape index (κ1) is 76.5. The van der Waals surface area contributed by atoms with Gasteiger partial charge in [-0.2, -0.15) is 0 Å². The molecule has 42 heteroatoms. The summed E-state index contributed by atoms with van der Waals surface area (Å²) in [5.41, 5.74) is 0. The molecule has 0 heterocycles. The van der Waals surface area contributed by atoms with E-state index in [1.165, 1.54) is 0 Å². The van der Waals surface area contributed by atoms with E-state index in [0.717, 1.165) is 0 Å². The van der Waals surface area contributed by atoms with Gasteiger partial charge in [-0.1, -0.05) is 0 Å². The van der Waals surface area contributed by atoms with Crippen molar-refractivity contribution in [2.45, 2.75) is 0 Å². The van der Waals surface area contributed by atoms with Crippen LogP contribution < -0.4 is 0 Å². The molecule has 0 bridgehead atoms. The molecule has 0 aliphatic carbocycles. The Kier molecular flexibility index (Phi) is 128. The van der Waals surface area contributed by atoms with Crippen LogP contribution in [0.5, 0.6) is 0 Å². The standard InChI is InChI=1S/10NO3.Ti.W/c10*2-1(3)4;;/q10*-1;+4;+6. The van der Waals surface area contributed by atoms with E-state index in [-0.39, 0.29) is 42.8 Å². The van der Waals surface area contributed by atoms with E-state index >= 15 is 0 Å². The van der Waals surface area contributed by atoms with Crippen LogP contribution in [0.4, 0.5) is 0 Å². The molecule has 0 fully saturated rings. The maximum atomic E-state index is 8.25. The van der Waals surface area contributed by atoms with E-state index in [2.05, 4.69) is 0 Å². The molecule has 0 amide bonds. The molecule has 0 unspecified atom stereocenters. The molecule has 0 saturated carbocycles. The molecule has 42 heavy (non-hydrogen) atoms. The van der Waals surface area contributed by atoms with Gasteiger partial charge in [0.1, 0.15) is 0 Å². The van der Waals surface area contributed by atoms with E-state index in [4.69, 9.17) is 153 Å². The Balaban J connectivity index is -0.0000000237. The molecule has 0 aromatic carbocycles. The molecule has 0 saturated heterocycles. The third kappa shape index (κ3) is 806. The van der Waals surface area contributed by atoms with Gasteiger partial charge in [0.05, 0.1) is 50.9 Å². The topological polar surface area (TPSA) is 662 Å². The van der Waals surface area contributed by atoms with Gasteiger partial charge >= 0.3 is 42.8 Å². The van der Waals surface area contributed by atoms with Crippen LogP contribution in [0.2, 0.25) is 0 Å². The molecule has 0 N–H and O–H groups in total. The number of nitrogens with zero attached hydrogens (tertiary/aromatic N) is 10. The molecule has 0 aliphatic heterocycles. The van der Waals surface area contributed by atoms with Gasteiger partial charge in [-0.05, 0) is 0 Å². The minimum atomic E-state index is -1.75. The van der Waals surface area contributed by atoms with Gasteiger partial charge in [0.2, 0.25) is 0 Å². The Labute approximate surface area is 247 Å². The Hall–Kier alpha value is -6.60. The Morgan fingerprint density at radius 2 is 0.190 bits per heavy atom. The first-order valence-corrected chi connectivity index (χ1v) is 5.48. The molecule has 0 rings (SSSR count). The summed E-state index contributed by atoms with van der Waals surface area (Å²) in [6.45, 7) is 0. The third-order valence-corrected chi connectivity index (χ3v) is 0. The van der Waals surface area contributed by atoms with Crippen molar-refractivity contribution < 1.29 is 93.6 Å². The van der Waals surface area contributed by atoms with E-state index in [0.29, 0.717) is 0 Å². The van der Waals surface area contributed by atoms with Crippen LogP contribution in [0.15, 0.2) is 0 Å². The molecule has 0 aromatic heterocycles. The zero-order valence-electron chi connectivity index (χ0n) is 17.6. The molecule has 0 atom stereocenters. The molecule has 0 spiro atoms. The van der Waals surface area contributed by atoms with Crippen LogP contribution in [0.3, 0.4) is 0 Å². The SMILES string of the molecule is O=[N+]([O-])[O-].O=[N+]([O-])[O-].O=[N+]([O-])[O-].O=[N+]([O-])[O-].O=[N+]([O-])[O-].O=[N+]([O-])[O-].O=[N+]([O-])[O-].O=[N+]([O-])[O-].O=[N+]([O-])[O-].O=[N+]([O-])[O-].[Ti+4].[W+6]. The predicted molar refractivity (Wildman–Crippen MR) is 104 cm³/mol. The fourth-order valence-electron chi connectivity index (χ4n) is 0. The Bertz CT molecular complexity index is 476. The van der Waals surface area contributed by atoms with Crippen molar-refractivity contribution in [1.29, 1.82) is 0 Å². The first-order valence-electron chi connectivity index (χ1n) is 5.48. The van der Waals surface area contributed by atoms with Crippen molar-refractivity contribution in [1.82, 2.24) is 0 Å². The maximum Gasteiger partial charge on any atom is 6.00 e. The molecular formula is N10O30TiW. The smallest absolute Gasteiger partial charge is 0.356 e. The average Bonchev–Trinajstić information content (AvgIpc) is 2.47.